The first-order valence-corrected chi connectivity index (χ1v) is 13.0. The van der Waals surface area contributed by atoms with E-state index in [1.807, 2.05) is 91.9 Å². The monoisotopic (exact) mass is 484 g/mol. The van der Waals surface area contributed by atoms with Crippen molar-refractivity contribution in [1.29, 1.82) is 0 Å². The fraction of sp³-hybridized carbons (Fsp3) is 0.355. The topological polar surface area (TPSA) is 69.6 Å². The normalized spacial score (nSPS) is 18.3. The first-order valence-electron chi connectivity index (χ1n) is 13.0. The minimum Gasteiger partial charge on any atom is -0.395 e. The summed E-state index contributed by atoms with van der Waals surface area (Å²) in [6.07, 6.45) is 4.00. The Morgan fingerprint density at radius 1 is 0.917 bits per heavy atom. The molecular weight excluding hydrogens is 448 g/mol. The zero-order valence-electron chi connectivity index (χ0n) is 21.0. The highest BCUT2D eigenvalue weighted by molar-refractivity contribution is 5.94. The molecule has 36 heavy (non-hydrogen) atoms. The van der Waals surface area contributed by atoms with E-state index in [1.54, 1.807) is 4.90 Å². The van der Waals surface area contributed by atoms with Crippen LogP contribution in [0, 0.1) is 5.92 Å². The number of amides is 2. The van der Waals surface area contributed by atoms with Crippen molar-refractivity contribution in [1.82, 2.24) is 10.2 Å². The van der Waals surface area contributed by atoms with Gasteiger partial charge in [-0.3, -0.25) is 9.59 Å². The molecule has 0 unspecified atom stereocenters. The van der Waals surface area contributed by atoms with Crippen LogP contribution in [0.15, 0.2) is 84.9 Å². The van der Waals surface area contributed by atoms with Crippen molar-refractivity contribution in [3.8, 4) is 0 Å². The van der Waals surface area contributed by atoms with Gasteiger partial charge in [0.25, 0.3) is 5.91 Å². The predicted molar refractivity (Wildman–Crippen MR) is 142 cm³/mol. The number of carbonyl (C=O) groups is 2. The molecule has 1 aliphatic rings. The van der Waals surface area contributed by atoms with Crippen LogP contribution in [0.5, 0.6) is 0 Å². The van der Waals surface area contributed by atoms with Crippen LogP contribution in [0.25, 0.3) is 0 Å². The predicted octanol–water partition coefficient (Wildman–Crippen LogP) is 5.47. The molecule has 3 atom stereocenters. The van der Waals surface area contributed by atoms with Crippen molar-refractivity contribution in [2.75, 3.05) is 13.2 Å². The third kappa shape index (κ3) is 6.41. The van der Waals surface area contributed by atoms with Gasteiger partial charge in [-0.15, -0.1) is 0 Å². The Bertz CT molecular complexity index is 1120. The molecule has 0 bridgehead atoms. The summed E-state index contributed by atoms with van der Waals surface area (Å²) in [5.41, 5.74) is 3.83. The summed E-state index contributed by atoms with van der Waals surface area (Å²) in [6, 6.07) is 27.5. The molecule has 2 amide bonds. The van der Waals surface area contributed by atoms with Crippen LogP contribution in [0.3, 0.4) is 0 Å². The molecule has 0 saturated heterocycles. The summed E-state index contributed by atoms with van der Waals surface area (Å²) in [7, 11) is 0. The fourth-order valence-electron chi connectivity index (χ4n) is 5.22. The smallest absolute Gasteiger partial charge is 0.254 e. The standard InChI is InChI=1S/C31H36N2O3/c1-23(25-12-6-3-7-13-25)32-30(35)29-15-9-8-14-28(29)26-16-18-27(19-17-26)31(36)33(20-21-34)22-24-10-4-2-5-11-24/h2-7,10-13,16-19,23,28-29,34H,8-9,14-15,20-22H2,1H3,(H,32,35)/t23-,28+,29-/m0/s1. The number of nitrogens with zero attached hydrogens (tertiary/aromatic N) is 1. The summed E-state index contributed by atoms with van der Waals surface area (Å²) < 4.78 is 0. The molecule has 2 N–H and O–H groups in total. The van der Waals surface area contributed by atoms with Crippen LogP contribution >= 0.6 is 0 Å². The van der Waals surface area contributed by atoms with Crippen LogP contribution in [-0.2, 0) is 11.3 Å². The quantitative estimate of drug-likeness (QED) is 0.423. The van der Waals surface area contributed by atoms with E-state index in [-0.39, 0.29) is 42.8 Å². The number of hydrogen-bond donors (Lipinski definition) is 2. The molecule has 4 rings (SSSR count). The Balaban J connectivity index is 1.45. The van der Waals surface area contributed by atoms with Gasteiger partial charge in [0.05, 0.1) is 12.6 Å². The van der Waals surface area contributed by atoms with Crippen LogP contribution in [0.4, 0.5) is 0 Å². The summed E-state index contributed by atoms with van der Waals surface area (Å²) in [6.45, 7) is 2.67. The molecule has 1 fully saturated rings. The van der Waals surface area contributed by atoms with Crippen molar-refractivity contribution in [2.45, 2.75) is 51.1 Å². The zero-order valence-corrected chi connectivity index (χ0v) is 21.0. The average molecular weight is 485 g/mol. The van der Waals surface area contributed by atoms with Gasteiger partial charge < -0.3 is 15.3 Å². The highest BCUT2D eigenvalue weighted by atomic mass is 16.3. The molecule has 0 heterocycles. The van der Waals surface area contributed by atoms with Crippen LogP contribution in [0.2, 0.25) is 0 Å². The number of rotatable bonds is 9. The van der Waals surface area contributed by atoms with Crippen molar-refractivity contribution in [3.63, 3.8) is 0 Å². The molecule has 0 aromatic heterocycles. The molecule has 0 aliphatic heterocycles. The van der Waals surface area contributed by atoms with Crippen molar-refractivity contribution < 1.29 is 14.7 Å². The minimum atomic E-state index is -0.103. The van der Waals surface area contributed by atoms with Gasteiger partial charge in [-0.25, -0.2) is 0 Å². The fourth-order valence-corrected chi connectivity index (χ4v) is 5.22. The maximum atomic E-state index is 13.3. The number of hydrogen-bond acceptors (Lipinski definition) is 3. The summed E-state index contributed by atoms with van der Waals surface area (Å²) in [4.78, 5) is 28.2. The molecule has 0 spiro atoms. The largest absolute Gasteiger partial charge is 0.395 e. The second kappa shape index (κ2) is 12.5. The lowest BCUT2D eigenvalue weighted by Crippen LogP contribution is -2.37. The van der Waals surface area contributed by atoms with E-state index in [1.165, 1.54) is 0 Å². The Morgan fingerprint density at radius 2 is 1.56 bits per heavy atom. The molecule has 5 heteroatoms. The first-order chi connectivity index (χ1) is 17.6. The first kappa shape index (κ1) is 25.6. The Hall–Kier alpha value is -3.44. The highest BCUT2D eigenvalue weighted by Gasteiger charge is 2.32. The molecule has 0 radical (unpaired) electrons. The number of nitrogens with one attached hydrogen (secondary N) is 1. The van der Waals surface area contributed by atoms with Gasteiger partial charge in [0.15, 0.2) is 0 Å². The van der Waals surface area contributed by atoms with Crippen LogP contribution in [0.1, 0.15) is 71.6 Å². The maximum Gasteiger partial charge on any atom is 0.254 e. The van der Waals surface area contributed by atoms with E-state index < -0.39 is 0 Å². The molecular formula is C31H36N2O3. The Labute approximate surface area is 214 Å². The molecule has 1 aliphatic carbocycles. The van der Waals surface area contributed by atoms with Gasteiger partial charge in [-0.05, 0) is 54.5 Å². The third-order valence-electron chi connectivity index (χ3n) is 7.22. The van der Waals surface area contributed by atoms with E-state index in [2.05, 4.69) is 5.32 Å². The van der Waals surface area contributed by atoms with E-state index in [9.17, 15) is 14.7 Å². The SMILES string of the molecule is C[C@H](NC(=O)[C@H]1CCCC[C@@H]1c1ccc(C(=O)N(CCO)Cc2ccccc2)cc1)c1ccccc1. The van der Waals surface area contributed by atoms with Crippen LogP contribution in [-0.4, -0.2) is 35.0 Å². The van der Waals surface area contributed by atoms with Crippen molar-refractivity contribution >= 4 is 11.8 Å². The third-order valence-corrected chi connectivity index (χ3v) is 7.22. The lowest BCUT2D eigenvalue weighted by atomic mass is 9.74. The van der Waals surface area contributed by atoms with Crippen LogP contribution < -0.4 is 5.32 Å². The number of aliphatic hydroxyl groups is 1. The van der Waals surface area contributed by atoms with E-state index in [0.29, 0.717) is 12.1 Å². The molecule has 3 aromatic carbocycles. The number of carbonyl (C=O) groups excluding carboxylic acids is 2. The lowest BCUT2D eigenvalue weighted by Gasteiger charge is -2.32. The second-order valence-corrected chi connectivity index (χ2v) is 9.70. The van der Waals surface area contributed by atoms with Gasteiger partial charge >= 0.3 is 0 Å². The van der Waals surface area contributed by atoms with Gasteiger partial charge in [-0.2, -0.15) is 0 Å². The Morgan fingerprint density at radius 3 is 2.22 bits per heavy atom. The van der Waals surface area contributed by atoms with Gasteiger partial charge in [0.1, 0.15) is 0 Å². The zero-order chi connectivity index (χ0) is 25.3. The highest BCUT2D eigenvalue weighted by Crippen LogP contribution is 2.38. The lowest BCUT2D eigenvalue weighted by molar-refractivity contribution is -0.127. The molecule has 5 nitrogen and oxygen atoms in total. The van der Waals surface area contributed by atoms with Crippen molar-refractivity contribution in [2.24, 2.45) is 5.92 Å². The number of benzene rings is 3. The van der Waals surface area contributed by atoms with E-state index in [4.69, 9.17) is 0 Å². The molecule has 188 valence electrons. The Kier molecular flexibility index (Phi) is 8.90. The number of aliphatic hydroxyl groups excluding tert-OH is 1. The van der Waals surface area contributed by atoms with Gasteiger partial charge in [0, 0.05) is 24.6 Å². The second-order valence-electron chi connectivity index (χ2n) is 9.70. The van der Waals surface area contributed by atoms with E-state index in [0.717, 1.165) is 42.4 Å². The maximum absolute atomic E-state index is 13.3. The minimum absolute atomic E-state index is 0.0385. The molecule has 1 saturated carbocycles. The molecule has 3 aromatic rings. The summed E-state index contributed by atoms with van der Waals surface area (Å²) in [5.74, 6) is 0.0708. The van der Waals surface area contributed by atoms with Gasteiger partial charge in [-0.1, -0.05) is 85.6 Å². The van der Waals surface area contributed by atoms with Crippen molar-refractivity contribution in [3.05, 3.63) is 107 Å². The summed E-state index contributed by atoms with van der Waals surface area (Å²) in [5, 5.41) is 12.7. The average Bonchev–Trinajstić information content (AvgIpc) is 2.93. The summed E-state index contributed by atoms with van der Waals surface area (Å²) >= 11 is 0. The van der Waals surface area contributed by atoms with Gasteiger partial charge in [0.2, 0.25) is 5.91 Å². The van der Waals surface area contributed by atoms with E-state index >= 15 is 0 Å².